The van der Waals surface area contributed by atoms with Gasteiger partial charge in [-0.3, -0.25) is 0 Å². The summed E-state index contributed by atoms with van der Waals surface area (Å²) in [5, 5.41) is 4.68. The second-order valence-corrected chi connectivity index (χ2v) is 5.52. The normalized spacial score (nSPS) is 21.7. The van der Waals surface area contributed by atoms with E-state index in [0.29, 0.717) is 5.15 Å². The molecule has 1 aliphatic rings. The molecule has 0 saturated heterocycles. The third-order valence-electron chi connectivity index (χ3n) is 3.46. The van der Waals surface area contributed by atoms with E-state index in [-0.39, 0.29) is 11.3 Å². The summed E-state index contributed by atoms with van der Waals surface area (Å²) in [5.41, 5.74) is 2.78. The fourth-order valence-corrected chi connectivity index (χ4v) is 2.95. The van der Waals surface area contributed by atoms with Gasteiger partial charge >= 0.3 is 0 Å². The molecule has 1 atom stereocenters. The maximum absolute atomic E-state index is 11.1. The van der Waals surface area contributed by atoms with Crippen molar-refractivity contribution in [2.24, 2.45) is 0 Å². The fourth-order valence-electron chi connectivity index (χ4n) is 2.78. The lowest BCUT2D eigenvalue weighted by Crippen LogP contribution is -2.14. The molecule has 2 aromatic rings. The average Bonchev–Trinajstić information content (AvgIpc) is 2.75. The Morgan fingerprint density at radius 1 is 1.59 bits per heavy atom. The minimum atomic E-state index is -0.0759. The summed E-state index contributed by atoms with van der Waals surface area (Å²) in [6.07, 6.45) is 5.24. The third kappa shape index (κ3) is 1.40. The van der Waals surface area contributed by atoms with Gasteiger partial charge in [0.15, 0.2) is 5.65 Å². The van der Waals surface area contributed by atoms with Crippen molar-refractivity contribution in [2.75, 3.05) is 0 Å². The van der Waals surface area contributed by atoms with E-state index in [2.05, 4.69) is 23.9 Å². The minimum Gasteiger partial charge on any atom is -0.303 e. The van der Waals surface area contributed by atoms with E-state index < -0.39 is 0 Å². The van der Waals surface area contributed by atoms with Crippen LogP contribution in [-0.2, 0) is 10.2 Å². The molecule has 0 aliphatic heterocycles. The highest BCUT2D eigenvalue weighted by Gasteiger charge is 2.39. The van der Waals surface area contributed by atoms with Gasteiger partial charge < -0.3 is 4.79 Å². The zero-order valence-corrected chi connectivity index (χ0v) is 10.4. The second kappa shape index (κ2) is 3.29. The molecule has 5 heteroatoms. The van der Waals surface area contributed by atoms with Crippen LogP contribution < -0.4 is 0 Å². The summed E-state index contributed by atoms with van der Waals surface area (Å²) in [7, 11) is 0. The Hall–Kier alpha value is -1.42. The minimum absolute atomic E-state index is 0.0697. The Morgan fingerprint density at radius 3 is 3.06 bits per heavy atom. The largest absolute Gasteiger partial charge is 0.303 e. The third-order valence-corrected chi connectivity index (χ3v) is 3.64. The van der Waals surface area contributed by atoms with Gasteiger partial charge in [-0.15, -0.1) is 0 Å². The number of hydrogen-bond donors (Lipinski definition) is 0. The number of rotatable bonds is 1. The Morgan fingerprint density at radius 2 is 2.35 bits per heavy atom. The molecule has 0 bridgehead atoms. The van der Waals surface area contributed by atoms with Crippen LogP contribution in [0.3, 0.4) is 0 Å². The lowest BCUT2D eigenvalue weighted by atomic mass is 9.86. The number of aromatic nitrogens is 3. The molecule has 0 radical (unpaired) electrons. The van der Waals surface area contributed by atoms with Gasteiger partial charge in [0, 0.05) is 11.5 Å². The maximum atomic E-state index is 11.1. The van der Waals surface area contributed by atoms with Crippen molar-refractivity contribution in [3.63, 3.8) is 0 Å². The molecule has 4 nitrogen and oxygen atoms in total. The van der Waals surface area contributed by atoms with Gasteiger partial charge in [0.1, 0.15) is 11.4 Å². The van der Waals surface area contributed by atoms with Crippen LogP contribution in [0.25, 0.3) is 5.65 Å². The Kier molecular flexibility index (Phi) is 2.08. The van der Waals surface area contributed by atoms with Crippen LogP contribution in [0.1, 0.15) is 37.3 Å². The molecule has 1 unspecified atom stereocenters. The molecule has 2 heterocycles. The predicted octanol–water partition coefficient (Wildman–Crippen LogP) is 2.35. The monoisotopic (exact) mass is 249 g/mol. The van der Waals surface area contributed by atoms with Gasteiger partial charge in [-0.2, -0.15) is 5.10 Å². The highest BCUT2D eigenvalue weighted by atomic mass is 35.5. The zero-order valence-electron chi connectivity index (χ0n) is 9.64. The topological polar surface area (TPSA) is 47.3 Å². The summed E-state index contributed by atoms with van der Waals surface area (Å²) in [6.45, 7) is 4.25. The molecular weight excluding hydrogens is 238 g/mol. The average molecular weight is 250 g/mol. The summed E-state index contributed by atoms with van der Waals surface area (Å²) in [6, 6.07) is 0. The van der Waals surface area contributed by atoms with E-state index in [1.54, 1.807) is 16.9 Å². The van der Waals surface area contributed by atoms with Gasteiger partial charge in [0.25, 0.3) is 0 Å². The molecule has 0 aromatic carbocycles. The number of carbonyl (C=O) groups excluding carboxylic acids is 1. The second-order valence-electron chi connectivity index (χ2n) is 5.14. The summed E-state index contributed by atoms with van der Waals surface area (Å²) >= 11 is 5.91. The van der Waals surface area contributed by atoms with Gasteiger partial charge in [-0.05, 0) is 17.4 Å². The zero-order chi connectivity index (χ0) is 12.2. The first-order chi connectivity index (χ1) is 8.03. The number of fused-ring (bicyclic) bond motifs is 3. The van der Waals surface area contributed by atoms with Crippen molar-refractivity contribution in [3.05, 3.63) is 28.7 Å². The predicted molar refractivity (Wildman–Crippen MR) is 64.4 cm³/mol. The standard InChI is InChI=1S/C12H12ClN3O/c1-12(2)3-7(6-17)8-4-14-16-5-9(13)15-11(16)10(8)12/h4-7H,3H2,1-2H3. The Labute approximate surface area is 104 Å². The number of carbonyl (C=O) groups is 1. The first-order valence-electron chi connectivity index (χ1n) is 5.52. The van der Waals surface area contributed by atoms with E-state index in [1.165, 1.54) is 0 Å². The van der Waals surface area contributed by atoms with Crippen molar-refractivity contribution in [1.82, 2.24) is 14.6 Å². The first-order valence-corrected chi connectivity index (χ1v) is 5.90. The number of imidazole rings is 1. The molecule has 88 valence electrons. The first kappa shape index (κ1) is 10.7. The van der Waals surface area contributed by atoms with Crippen LogP contribution in [-0.4, -0.2) is 20.9 Å². The summed E-state index contributed by atoms with van der Waals surface area (Å²) in [5.74, 6) is -0.0759. The molecule has 0 amide bonds. The molecule has 0 saturated carbocycles. The SMILES string of the molecule is CC1(C)CC(C=O)c2cnn3cc(Cl)nc3c21. The van der Waals surface area contributed by atoms with E-state index in [9.17, 15) is 4.79 Å². The number of aldehydes is 1. The molecule has 1 aliphatic carbocycles. The number of halogens is 1. The quantitative estimate of drug-likeness (QED) is 0.729. The van der Waals surface area contributed by atoms with Crippen LogP contribution in [0.4, 0.5) is 0 Å². The molecule has 0 spiro atoms. The van der Waals surface area contributed by atoms with Crippen LogP contribution in [0.15, 0.2) is 12.4 Å². The van der Waals surface area contributed by atoms with Crippen molar-refractivity contribution in [2.45, 2.75) is 31.6 Å². The highest BCUT2D eigenvalue weighted by molar-refractivity contribution is 6.29. The highest BCUT2D eigenvalue weighted by Crippen LogP contribution is 2.46. The molecular formula is C12H12ClN3O. The molecule has 3 rings (SSSR count). The summed E-state index contributed by atoms with van der Waals surface area (Å²) < 4.78 is 1.68. The van der Waals surface area contributed by atoms with Crippen LogP contribution >= 0.6 is 11.6 Å². The fraction of sp³-hybridized carbons (Fsp3) is 0.417. The van der Waals surface area contributed by atoms with Crippen LogP contribution in [0.5, 0.6) is 0 Å². The van der Waals surface area contributed by atoms with Gasteiger partial charge in [-0.25, -0.2) is 9.50 Å². The van der Waals surface area contributed by atoms with E-state index in [0.717, 1.165) is 29.5 Å². The summed E-state index contributed by atoms with van der Waals surface area (Å²) in [4.78, 5) is 15.4. The van der Waals surface area contributed by atoms with E-state index in [4.69, 9.17) is 11.6 Å². The van der Waals surface area contributed by atoms with Gasteiger partial charge in [0.2, 0.25) is 0 Å². The van der Waals surface area contributed by atoms with Gasteiger partial charge in [-0.1, -0.05) is 25.4 Å². The molecule has 0 fully saturated rings. The Balaban J connectivity index is 2.38. The maximum Gasteiger partial charge on any atom is 0.159 e. The Bertz CT molecular complexity index is 617. The van der Waals surface area contributed by atoms with Crippen LogP contribution in [0.2, 0.25) is 5.15 Å². The van der Waals surface area contributed by atoms with Crippen LogP contribution in [0, 0.1) is 0 Å². The van der Waals surface area contributed by atoms with E-state index >= 15 is 0 Å². The lowest BCUT2D eigenvalue weighted by molar-refractivity contribution is -0.109. The van der Waals surface area contributed by atoms with Crippen molar-refractivity contribution in [1.29, 1.82) is 0 Å². The molecule has 17 heavy (non-hydrogen) atoms. The smallest absolute Gasteiger partial charge is 0.159 e. The molecule has 2 aromatic heterocycles. The van der Waals surface area contributed by atoms with Crippen molar-refractivity contribution in [3.8, 4) is 0 Å². The number of nitrogens with zero attached hydrogens (tertiary/aromatic N) is 3. The lowest BCUT2D eigenvalue weighted by Gasteiger charge is -2.18. The molecule has 0 N–H and O–H groups in total. The van der Waals surface area contributed by atoms with Gasteiger partial charge in [0.05, 0.1) is 12.4 Å². The van der Waals surface area contributed by atoms with E-state index in [1.807, 2.05) is 0 Å². The number of hydrogen-bond acceptors (Lipinski definition) is 3. The van der Waals surface area contributed by atoms with Crippen molar-refractivity contribution < 1.29 is 4.79 Å². The van der Waals surface area contributed by atoms with Crippen molar-refractivity contribution >= 4 is 23.5 Å².